The van der Waals surface area contributed by atoms with E-state index in [9.17, 15) is 18.4 Å². The van der Waals surface area contributed by atoms with Crippen molar-refractivity contribution < 1.29 is 27.8 Å². The first-order valence-corrected chi connectivity index (χ1v) is 10.1. The highest BCUT2D eigenvalue weighted by Crippen LogP contribution is 2.30. The van der Waals surface area contributed by atoms with Gasteiger partial charge in [-0.15, -0.1) is 0 Å². The Morgan fingerprint density at radius 3 is 2.44 bits per heavy atom. The summed E-state index contributed by atoms with van der Waals surface area (Å²) >= 11 is 0. The number of carbonyl (C=O) groups excluding carboxylic acids is 2. The fraction of sp³-hybridized carbons (Fsp3) is 0.154. The number of carbonyl (C=O) groups is 2. The monoisotopic (exact) mass is 436 g/mol. The number of hydrogen-bond acceptors (Lipinski definition) is 4. The van der Waals surface area contributed by atoms with Gasteiger partial charge in [-0.1, -0.05) is 55.5 Å². The van der Waals surface area contributed by atoms with Gasteiger partial charge in [0.2, 0.25) is 0 Å². The van der Waals surface area contributed by atoms with Crippen LogP contribution in [0.3, 0.4) is 0 Å². The van der Waals surface area contributed by atoms with E-state index in [2.05, 4.69) is 0 Å². The van der Waals surface area contributed by atoms with Gasteiger partial charge in [0.25, 0.3) is 0 Å². The quantitative estimate of drug-likeness (QED) is 0.238. The highest BCUT2D eigenvalue weighted by Gasteiger charge is 2.19. The summed E-state index contributed by atoms with van der Waals surface area (Å²) in [6, 6.07) is 16.5. The molecular weight excluding hydrogens is 414 g/mol. The molecule has 0 spiro atoms. The van der Waals surface area contributed by atoms with Gasteiger partial charge in [0, 0.05) is 11.6 Å². The summed E-state index contributed by atoms with van der Waals surface area (Å²) in [5, 5.41) is 0. The SMILES string of the molecule is CC/C=C\CC(=O)Oc1ccc(-c2ccc(F)cc2F)cc1C(=O)OCc1ccccc1. The summed E-state index contributed by atoms with van der Waals surface area (Å²) in [6.45, 7) is 1.96. The Kier molecular flexibility index (Phi) is 7.86. The smallest absolute Gasteiger partial charge is 0.342 e. The molecule has 0 aliphatic rings. The number of rotatable bonds is 8. The minimum absolute atomic E-state index is 0.00392. The molecule has 0 aromatic heterocycles. The first-order chi connectivity index (χ1) is 15.5. The van der Waals surface area contributed by atoms with Gasteiger partial charge in [0.05, 0.1) is 6.42 Å². The molecule has 3 rings (SSSR count). The van der Waals surface area contributed by atoms with Gasteiger partial charge in [-0.3, -0.25) is 4.79 Å². The molecule has 0 saturated heterocycles. The number of ether oxygens (including phenoxy) is 2. The number of allylic oxidation sites excluding steroid dienone is 1. The second-order valence-electron chi connectivity index (χ2n) is 6.95. The highest BCUT2D eigenvalue weighted by molar-refractivity contribution is 5.95. The minimum atomic E-state index is -0.775. The molecule has 164 valence electrons. The first-order valence-electron chi connectivity index (χ1n) is 10.1. The van der Waals surface area contributed by atoms with Gasteiger partial charge in [0.1, 0.15) is 29.6 Å². The van der Waals surface area contributed by atoms with Crippen molar-refractivity contribution in [3.8, 4) is 16.9 Å². The van der Waals surface area contributed by atoms with Crippen LogP contribution in [0.15, 0.2) is 78.9 Å². The minimum Gasteiger partial charge on any atom is -0.457 e. The molecule has 6 heteroatoms. The van der Waals surface area contributed by atoms with Gasteiger partial charge in [-0.2, -0.15) is 0 Å². The van der Waals surface area contributed by atoms with E-state index in [1.165, 1.54) is 24.3 Å². The van der Waals surface area contributed by atoms with Crippen LogP contribution in [0.1, 0.15) is 35.7 Å². The zero-order valence-corrected chi connectivity index (χ0v) is 17.5. The van der Waals surface area contributed by atoms with Gasteiger partial charge >= 0.3 is 11.9 Å². The molecule has 0 unspecified atom stereocenters. The maximum Gasteiger partial charge on any atom is 0.342 e. The van der Waals surface area contributed by atoms with Crippen molar-refractivity contribution in [3.05, 3.63) is 102 Å². The van der Waals surface area contributed by atoms with Crippen molar-refractivity contribution in [2.75, 3.05) is 0 Å². The molecule has 4 nitrogen and oxygen atoms in total. The molecule has 0 amide bonds. The second-order valence-corrected chi connectivity index (χ2v) is 6.95. The first kappa shape index (κ1) is 22.9. The van der Waals surface area contributed by atoms with Gasteiger partial charge in [-0.05, 0) is 41.8 Å². The standard InChI is InChI=1S/C26H22F2O4/c1-2-3-5-10-25(29)32-24-14-11-19(21-13-12-20(27)16-23(21)28)15-22(24)26(30)31-17-18-8-6-4-7-9-18/h3-9,11-16H,2,10,17H2,1H3/b5-3-. The summed E-state index contributed by atoms with van der Waals surface area (Å²) in [7, 11) is 0. The molecule has 3 aromatic rings. The van der Waals surface area contributed by atoms with Crippen molar-refractivity contribution in [2.45, 2.75) is 26.4 Å². The maximum atomic E-state index is 14.3. The fourth-order valence-electron chi connectivity index (χ4n) is 2.98. The van der Waals surface area contributed by atoms with Crippen LogP contribution < -0.4 is 4.74 Å². The summed E-state index contributed by atoms with van der Waals surface area (Å²) in [4.78, 5) is 25.0. The molecular formula is C26H22F2O4. The molecule has 0 saturated carbocycles. The predicted octanol–water partition coefficient (Wildman–Crippen LogP) is 6.25. The van der Waals surface area contributed by atoms with Gasteiger partial charge < -0.3 is 9.47 Å². The van der Waals surface area contributed by atoms with E-state index in [0.29, 0.717) is 5.56 Å². The molecule has 0 aliphatic carbocycles. The Balaban J connectivity index is 1.90. The summed E-state index contributed by atoms with van der Waals surface area (Å²) in [5.41, 5.74) is 1.17. The number of halogens is 2. The van der Waals surface area contributed by atoms with E-state index in [1.807, 2.05) is 31.2 Å². The van der Waals surface area contributed by atoms with Crippen molar-refractivity contribution in [2.24, 2.45) is 0 Å². The van der Waals surface area contributed by atoms with Crippen molar-refractivity contribution >= 4 is 11.9 Å². The van der Waals surface area contributed by atoms with E-state index in [-0.39, 0.29) is 29.9 Å². The number of esters is 2. The zero-order valence-electron chi connectivity index (χ0n) is 17.5. The van der Waals surface area contributed by atoms with Crippen LogP contribution in [-0.4, -0.2) is 11.9 Å². The van der Waals surface area contributed by atoms with E-state index in [1.54, 1.807) is 18.2 Å². The van der Waals surface area contributed by atoms with Gasteiger partial charge in [0.15, 0.2) is 0 Å². The molecule has 0 radical (unpaired) electrons. The van der Waals surface area contributed by atoms with Crippen LogP contribution in [-0.2, 0) is 16.1 Å². The van der Waals surface area contributed by atoms with Crippen LogP contribution in [0.25, 0.3) is 11.1 Å². The van der Waals surface area contributed by atoms with Crippen LogP contribution in [0, 0.1) is 11.6 Å². The Bertz CT molecular complexity index is 1120. The lowest BCUT2D eigenvalue weighted by Crippen LogP contribution is -2.12. The number of hydrogen-bond donors (Lipinski definition) is 0. The van der Waals surface area contributed by atoms with Crippen LogP contribution >= 0.6 is 0 Å². The third-order valence-electron chi connectivity index (χ3n) is 4.57. The Morgan fingerprint density at radius 1 is 0.938 bits per heavy atom. The molecule has 0 aliphatic heterocycles. The molecule has 32 heavy (non-hydrogen) atoms. The topological polar surface area (TPSA) is 52.6 Å². The van der Waals surface area contributed by atoms with E-state index < -0.39 is 23.6 Å². The molecule has 0 atom stereocenters. The van der Waals surface area contributed by atoms with Crippen LogP contribution in [0.4, 0.5) is 8.78 Å². The summed E-state index contributed by atoms with van der Waals surface area (Å²) < 4.78 is 38.3. The average molecular weight is 436 g/mol. The summed E-state index contributed by atoms with van der Waals surface area (Å²) in [5.74, 6) is -2.76. The molecule has 0 fully saturated rings. The average Bonchev–Trinajstić information content (AvgIpc) is 2.79. The number of benzene rings is 3. The lowest BCUT2D eigenvalue weighted by Gasteiger charge is -2.12. The highest BCUT2D eigenvalue weighted by atomic mass is 19.1. The lowest BCUT2D eigenvalue weighted by atomic mass is 10.0. The lowest BCUT2D eigenvalue weighted by molar-refractivity contribution is -0.133. The summed E-state index contributed by atoms with van der Waals surface area (Å²) in [6.07, 6.45) is 4.33. The molecule has 0 bridgehead atoms. The van der Waals surface area contributed by atoms with E-state index >= 15 is 0 Å². The molecule has 0 heterocycles. The second kappa shape index (κ2) is 11.0. The van der Waals surface area contributed by atoms with Crippen LogP contribution in [0.2, 0.25) is 0 Å². The third kappa shape index (κ3) is 6.11. The van der Waals surface area contributed by atoms with Crippen LogP contribution in [0.5, 0.6) is 5.75 Å². The largest absolute Gasteiger partial charge is 0.457 e. The molecule has 3 aromatic carbocycles. The fourth-order valence-corrected chi connectivity index (χ4v) is 2.98. The maximum absolute atomic E-state index is 14.3. The predicted molar refractivity (Wildman–Crippen MR) is 117 cm³/mol. The Morgan fingerprint density at radius 2 is 1.72 bits per heavy atom. The zero-order chi connectivity index (χ0) is 22.9. The molecule has 0 N–H and O–H groups in total. The Hall–Kier alpha value is -3.80. The van der Waals surface area contributed by atoms with E-state index in [4.69, 9.17) is 9.47 Å². The van der Waals surface area contributed by atoms with Crippen molar-refractivity contribution in [1.29, 1.82) is 0 Å². The van der Waals surface area contributed by atoms with Crippen molar-refractivity contribution in [1.82, 2.24) is 0 Å². The van der Waals surface area contributed by atoms with E-state index in [0.717, 1.165) is 24.1 Å². The van der Waals surface area contributed by atoms with Gasteiger partial charge in [-0.25, -0.2) is 13.6 Å². The normalized spacial score (nSPS) is 10.8. The van der Waals surface area contributed by atoms with Crippen molar-refractivity contribution in [3.63, 3.8) is 0 Å². The third-order valence-corrected chi connectivity index (χ3v) is 4.57. The Labute approximate surface area is 185 Å².